The summed E-state index contributed by atoms with van der Waals surface area (Å²) in [6.07, 6.45) is 1.54. The second kappa shape index (κ2) is 5.74. The minimum Gasteiger partial charge on any atom is -0.480 e. The first-order chi connectivity index (χ1) is 8.69. The molecule has 2 amide bonds. The van der Waals surface area contributed by atoms with Crippen LogP contribution in [0.5, 0.6) is 0 Å². The number of sulfonamides is 1. The van der Waals surface area contributed by atoms with E-state index in [-0.39, 0.29) is 12.3 Å². The Morgan fingerprint density at radius 2 is 1.89 bits per heavy atom. The van der Waals surface area contributed by atoms with E-state index in [4.69, 9.17) is 5.11 Å². The molecular formula is C10H19N3O5S. The zero-order chi connectivity index (χ0) is 14.7. The minimum atomic E-state index is -3.37. The largest absolute Gasteiger partial charge is 0.480 e. The molecule has 0 aliphatic heterocycles. The third kappa shape index (κ3) is 3.80. The van der Waals surface area contributed by atoms with Crippen molar-refractivity contribution in [1.82, 2.24) is 14.9 Å². The van der Waals surface area contributed by atoms with Crippen molar-refractivity contribution in [3.8, 4) is 0 Å². The summed E-state index contributed by atoms with van der Waals surface area (Å²) in [5, 5.41) is 13.8. The number of amides is 2. The molecule has 0 spiro atoms. The van der Waals surface area contributed by atoms with E-state index in [1.165, 1.54) is 14.1 Å². The zero-order valence-corrected chi connectivity index (χ0v) is 11.8. The van der Waals surface area contributed by atoms with Gasteiger partial charge in [-0.3, -0.25) is 0 Å². The summed E-state index contributed by atoms with van der Waals surface area (Å²) in [5.41, 5.74) is -1.19. The van der Waals surface area contributed by atoms with Crippen LogP contribution in [0.15, 0.2) is 0 Å². The number of urea groups is 1. The molecule has 1 aliphatic rings. The first-order valence-corrected chi connectivity index (χ1v) is 7.50. The topological polar surface area (TPSA) is 116 Å². The average molecular weight is 293 g/mol. The molecule has 9 heteroatoms. The molecule has 1 fully saturated rings. The van der Waals surface area contributed by atoms with Crippen LogP contribution in [0.4, 0.5) is 4.79 Å². The third-order valence-corrected chi connectivity index (χ3v) is 5.00. The summed E-state index contributed by atoms with van der Waals surface area (Å²) in [5.74, 6) is -1.29. The molecule has 0 bridgehead atoms. The lowest BCUT2D eigenvalue weighted by Gasteiger charge is -2.38. The highest BCUT2D eigenvalue weighted by molar-refractivity contribution is 7.89. The van der Waals surface area contributed by atoms with Gasteiger partial charge in [-0.25, -0.2) is 22.3 Å². The monoisotopic (exact) mass is 293 g/mol. The molecule has 0 saturated heterocycles. The van der Waals surface area contributed by atoms with Gasteiger partial charge in [-0.2, -0.15) is 0 Å². The Morgan fingerprint density at radius 3 is 2.26 bits per heavy atom. The van der Waals surface area contributed by atoms with E-state index in [1.807, 2.05) is 0 Å². The molecule has 0 aromatic carbocycles. The number of nitrogens with zero attached hydrogens (tertiary/aromatic N) is 1. The summed E-state index contributed by atoms with van der Waals surface area (Å²) in [7, 11) is -0.559. The maximum atomic E-state index is 11.5. The van der Waals surface area contributed by atoms with Crippen molar-refractivity contribution in [3.05, 3.63) is 0 Å². The van der Waals surface area contributed by atoms with Crippen molar-refractivity contribution < 1.29 is 23.1 Å². The van der Waals surface area contributed by atoms with E-state index in [0.29, 0.717) is 12.8 Å². The van der Waals surface area contributed by atoms with Gasteiger partial charge >= 0.3 is 12.0 Å². The van der Waals surface area contributed by atoms with E-state index in [2.05, 4.69) is 10.6 Å². The van der Waals surface area contributed by atoms with Crippen LogP contribution in [0, 0.1) is 0 Å². The van der Waals surface area contributed by atoms with Gasteiger partial charge in [0.1, 0.15) is 5.54 Å². The number of hydrogen-bond acceptors (Lipinski definition) is 4. The Kier molecular flexibility index (Phi) is 4.75. The first kappa shape index (κ1) is 15.7. The summed E-state index contributed by atoms with van der Waals surface area (Å²) in [6.45, 7) is -0.0674. The van der Waals surface area contributed by atoms with E-state index in [1.54, 1.807) is 0 Å². The Hall–Kier alpha value is -1.35. The van der Waals surface area contributed by atoms with Crippen molar-refractivity contribution in [2.45, 2.75) is 24.8 Å². The number of aliphatic carboxylic acids is 1. The van der Waals surface area contributed by atoms with Gasteiger partial charge in [-0.05, 0) is 19.3 Å². The van der Waals surface area contributed by atoms with E-state index >= 15 is 0 Å². The Bertz CT molecular complexity index is 456. The van der Waals surface area contributed by atoms with E-state index in [9.17, 15) is 18.0 Å². The molecule has 0 aromatic heterocycles. The lowest BCUT2D eigenvalue weighted by atomic mass is 9.77. The molecule has 1 aliphatic carbocycles. The molecule has 0 unspecified atom stereocenters. The molecule has 1 rings (SSSR count). The molecule has 0 heterocycles. The van der Waals surface area contributed by atoms with Crippen molar-refractivity contribution >= 4 is 22.0 Å². The Morgan fingerprint density at radius 1 is 1.32 bits per heavy atom. The lowest BCUT2D eigenvalue weighted by Crippen LogP contribution is -2.61. The average Bonchev–Trinajstić information content (AvgIpc) is 2.22. The predicted molar refractivity (Wildman–Crippen MR) is 68.2 cm³/mol. The number of carbonyl (C=O) groups excluding carboxylic acids is 1. The van der Waals surface area contributed by atoms with Gasteiger partial charge in [-0.1, -0.05) is 0 Å². The molecule has 0 atom stereocenters. The van der Waals surface area contributed by atoms with Gasteiger partial charge in [0.2, 0.25) is 10.0 Å². The number of carboxylic acids is 1. The van der Waals surface area contributed by atoms with Crippen LogP contribution in [-0.2, 0) is 14.8 Å². The number of hydrogen-bond donors (Lipinski definition) is 3. The van der Waals surface area contributed by atoms with E-state index < -0.39 is 27.6 Å². The fourth-order valence-electron chi connectivity index (χ4n) is 1.66. The first-order valence-electron chi connectivity index (χ1n) is 5.89. The van der Waals surface area contributed by atoms with Crippen LogP contribution in [0.2, 0.25) is 0 Å². The number of nitrogens with one attached hydrogen (secondary N) is 2. The highest BCUT2D eigenvalue weighted by atomic mass is 32.2. The Labute approximate surface area is 112 Å². The summed E-state index contributed by atoms with van der Waals surface area (Å²) < 4.78 is 23.9. The van der Waals surface area contributed by atoms with E-state index in [0.717, 1.165) is 10.7 Å². The maximum absolute atomic E-state index is 11.5. The van der Waals surface area contributed by atoms with Gasteiger partial charge in [0.25, 0.3) is 0 Å². The molecular weight excluding hydrogens is 274 g/mol. The second-order valence-corrected chi connectivity index (χ2v) is 7.02. The van der Waals surface area contributed by atoms with Crippen LogP contribution in [0.25, 0.3) is 0 Å². The quantitative estimate of drug-likeness (QED) is 0.592. The molecule has 0 radical (unpaired) electrons. The van der Waals surface area contributed by atoms with Gasteiger partial charge in [0.05, 0.1) is 5.75 Å². The second-order valence-electron chi connectivity index (χ2n) is 4.72. The van der Waals surface area contributed by atoms with Crippen molar-refractivity contribution in [1.29, 1.82) is 0 Å². The van der Waals surface area contributed by atoms with Crippen molar-refractivity contribution in [2.75, 3.05) is 26.4 Å². The lowest BCUT2D eigenvalue weighted by molar-refractivity contribution is -0.148. The molecule has 3 N–H and O–H groups in total. The fraction of sp³-hybridized carbons (Fsp3) is 0.800. The van der Waals surface area contributed by atoms with Gasteiger partial charge in [-0.15, -0.1) is 0 Å². The summed E-state index contributed by atoms with van der Waals surface area (Å²) in [6, 6.07) is -0.656. The molecule has 1 saturated carbocycles. The molecule has 19 heavy (non-hydrogen) atoms. The zero-order valence-electron chi connectivity index (χ0n) is 11.0. The van der Waals surface area contributed by atoms with Crippen LogP contribution >= 0.6 is 0 Å². The van der Waals surface area contributed by atoms with Gasteiger partial charge in [0, 0.05) is 20.6 Å². The normalized spacial score (nSPS) is 17.6. The highest BCUT2D eigenvalue weighted by Gasteiger charge is 2.45. The van der Waals surface area contributed by atoms with Crippen molar-refractivity contribution in [3.63, 3.8) is 0 Å². The molecule has 110 valence electrons. The summed E-state index contributed by atoms with van der Waals surface area (Å²) in [4.78, 5) is 22.5. The number of carbonyl (C=O) groups is 2. The highest BCUT2D eigenvalue weighted by Crippen LogP contribution is 2.31. The molecule has 8 nitrogen and oxygen atoms in total. The minimum absolute atomic E-state index is 0.0674. The van der Waals surface area contributed by atoms with Crippen LogP contribution < -0.4 is 10.6 Å². The summed E-state index contributed by atoms with van der Waals surface area (Å²) >= 11 is 0. The predicted octanol–water partition coefficient (Wildman–Crippen LogP) is -0.816. The Balaban J connectivity index is 2.39. The maximum Gasteiger partial charge on any atom is 0.329 e. The molecule has 0 aromatic rings. The standard InChI is InChI=1S/C10H19N3O5S/c1-13(2)19(17,18)7-6-11-9(16)12-10(8(14)15)4-3-5-10/h3-7H2,1-2H3,(H,14,15)(H2,11,12,16). The fourth-order valence-corrected chi connectivity index (χ4v) is 2.39. The smallest absolute Gasteiger partial charge is 0.329 e. The van der Waals surface area contributed by atoms with Crippen LogP contribution in [0.1, 0.15) is 19.3 Å². The number of carboxylic acid groups (broad SMARTS) is 1. The van der Waals surface area contributed by atoms with Crippen LogP contribution in [0.3, 0.4) is 0 Å². The van der Waals surface area contributed by atoms with Crippen molar-refractivity contribution in [2.24, 2.45) is 0 Å². The van der Waals surface area contributed by atoms with Gasteiger partial charge < -0.3 is 15.7 Å². The van der Waals surface area contributed by atoms with Crippen LogP contribution in [-0.4, -0.2) is 61.8 Å². The SMILES string of the molecule is CN(C)S(=O)(=O)CCNC(=O)NC1(C(=O)O)CCC1. The third-order valence-electron chi connectivity index (χ3n) is 3.17. The number of rotatable bonds is 6. The van der Waals surface area contributed by atoms with Gasteiger partial charge in [0.15, 0.2) is 0 Å².